The van der Waals surface area contributed by atoms with E-state index in [4.69, 9.17) is 14.7 Å². The van der Waals surface area contributed by atoms with Crippen molar-refractivity contribution in [3.63, 3.8) is 0 Å². The van der Waals surface area contributed by atoms with Crippen LogP contribution in [-0.2, 0) is 30.7 Å². The fourth-order valence-corrected chi connectivity index (χ4v) is 0. The summed E-state index contributed by atoms with van der Waals surface area (Å²) in [6.07, 6.45) is -0.167. The van der Waals surface area contributed by atoms with Crippen molar-refractivity contribution < 1.29 is 35.8 Å². The number of hydrogen-bond donors (Lipinski definition) is 1. The van der Waals surface area contributed by atoms with Gasteiger partial charge in [0.05, 0.1) is 0 Å². The topological polar surface area (TPSA) is 54.4 Å². The molecule has 0 aliphatic heterocycles. The van der Waals surface area contributed by atoms with Crippen LogP contribution in [0.4, 0.5) is 0 Å². The summed E-state index contributed by atoms with van der Waals surface area (Å²) in [5, 5.41) is 7.35. The fourth-order valence-electron chi connectivity index (χ4n) is 0. The first kappa shape index (κ1) is 9.27. The maximum absolute atomic E-state index is 9.00. The summed E-state index contributed by atoms with van der Waals surface area (Å²) in [4.78, 5) is 17.9. The van der Waals surface area contributed by atoms with Crippen LogP contribution < -0.4 is 0 Å². The fraction of sp³-hybridized carbons (Fsp3) is 0. The molecule has 0 aliphatic rings. The molecule has 3 nitrogen and oxygen atoms in total. The normalized spacial score (nSPS) is 5.33. The average Bonchev–Trinajstić information content (AvgIpc) is 1.38. The Balaban J connectivity index is 0. The van der Waals surface area contributed by atoms with Crippen LogP contribution >= 0.6 is 0 Å². The minimum Gasteiger partial charge on any atom is -0.476 e. The smallest absolute Gasteiger partial charge is 0.368 e. The van der Waals surface area contributed by atoms with Gasteiger partial charge in [0.2, 0.25) is 6.29 Å². The first-order valence-corrected chi connectivity index (χ1v) is 0.952. The molecule has 0 atom stereocenters. The molecule has 34 valence electrons. The van der Waals surface area contributed by atoms with E-state index >= 15 is 0 Å². The molecule has 0 aliphatic carbocycles. The molecule has 0 rings (SSSR count). The van der Waals surface area contributed by atoms with Crippen LogP contribution in [0, 0.1) is 0 Å². The third-order valence-electron chi connectivity index (χ3n) is 0.101. The van der Waals surface area contributed by atoms with Crippen LogP contribution in [0.2, 0.25) is 0 Å². The van der Waals surface area contributed by atoms with E-state index in [2.05, 4.69) is 0 Å². The summed E-state index contributed by atoms with van der Waals surface area (Å²) in [6, 6.07) is 0. The Labute approximate surface area is 48.6 Å². The number of carboxylic acid groups (broad SMARTS) is 1. The number of carbonyl (C=O) groups excluding carboxylic acids is 1. The zero-order valence-electron chi connectivity index (χ0n) is 2.75. The Kier molecular flexibility index (Phi) is 7.46. The van der Waals surface area contributed by atoms with Crippen LogP contribution in [0.1, 0.15) is 0 Å². The molecule has 0 unspecified atom stereocenters. The summed E-state index contributed by atoms with van der Waals surface area (Å²) in [5.74, 6) is -1.43. The predicted octanol–water partition coefficient (Wildman–Crippen LogP) is -0.733. The minimum atomic E-state index is -1.43. The molecule has 0 saturated heterocycles. The molecule has 1 N–H and O–H groups in total. The maximum Gasteiger partial charge on any atom is 0.368 e. The zero-order valence-corrected chi connectivity index (χ0v) is 4.76. The molecule has 0 bridgehead atoms. The molecule has 0 fully saturated rings. The van der Waals surface area contributed by atoms with E-state index in [0.29, 0.717) is 0 Å². The van der Waals surface area contributed by atoms with Gasteiger partial charge in [0, 0.05) is 21.1 Å². The van der Waals surface area contributed by atoms with Gasteiger partial charge < -0.3 is 5.11 Å². The van der Waals surface area contributed by atoms with Crippen molar-refractivity contribution in [1.29, 1.82) is 0 Å². The predicted molar refractivity (Wildman–Crippen MR) is 13.7 cm³/mol. The molecule has 4 heteroatoms. The van der Waals surface area contributed by atoms with Gasteiger partial charge in [0.1, 0.15) is 0 Å². The largest absolute Gasteiger partial charge is 0.476 e. The zero-order chi connectivity index (χ0) is 4.28. The molecular weight excluding hydrogens is 168 g/mol. The standard InChI is InChI=1S/C2H2O3.Mo/c3-1-2(4)5;/h1H,(H,4,5);. The average molecular weight is 170 g/mol. The van der Waals surface area contributed by atoms with E-state index in [1.54, 1.807) is 0 Å². The van der Waals surface area contributed by atoms with Crippen LogP contribution in [0.5, 0.6) is 0 Å². The molecule has 0 spiro atoms. The maximum atomic E-state index is 9.00. The van der Waals surface area contributed by atoms with Crippen molar-refractivity contribution in [2.24, 2.45) is 0 Å². The second kappa shape index (κ2) is 4.83. The van der Waals surface area contributed by atoms with E-state index < -0.39 is 5.97 Å². The second-order valence-corrected chi connectivity index (χ2v) is 0.456. The molecule has 6 heavy (non-hydrogen) atoms. The van der Waals surface area contributed by atoms with Crippen molar-refractivity contribution in [1.82, 2.24) is 0 Å². The quantitative estimate of drug-likeness (QED) is 0.320. The van der Waals surface area contributed by atoms with Gasteiger partial charge in [0.15, 0.2) is 0 Å². The van der Waals surface area contributed by atoms with Crippen molar-refractivity contribution in [2.45, 2.75) is 0 Å². The van der Waals surface area contributed by atoms with Crippen molar-refractivity contribution >= 4 is 12.3 Å². The van der Waals surface area contributed by atoms with E-state index in [9.17, 15) is 0 Å². The Morgan fingerprint density at radius 2 is 1.83 bits per heavy atom. The molecule has 0 aromatic rings. The first-order valence-electron chi connectivity index (χ1n) is 0.952. The molecule has 0 saturated carbocycles. The number of carbonyl (C=O) groups is 2. The summed E-state index contributed by atoms with van der Waals surface area (Å²) >= 11 is 0. The van der Waals surface area contributed by atoms with E-state index in [0.717, 1.165) is 0 Å². The Morgan fingerprint density at radius 1 is 1.67 bits per heavy atom. The van der Waals surface area contributed by atoms with Crippen molar-refractivity contribution in [3.05, 3.63) is 0 Å². The number of rotatable bonds is 1. The van der Waals surface area contributed by atoms with Crippen LogP contribution in [-0.4, -0.2) is 17.4 Å². The van der Waals surface area contributed by atoms with Gasteiger partial charge in [-0.1, -0.05) is 0 Å². The van der Waals surface area contributed by atoms with Gasteiger partial charge in [-0.25, -0.2) is 4.79 Å². The van der Waals surface area contributed by atoms with Gasteiger partial charge in [-0.2, -0.15) is 0 Å². The molecular formula is C2H2MoO3. The summed E-state index contributed by atoms with van der Waals surface area (Å²) in [6.45, 7) is 0. The van der Waals surface area contributed by atoms with Crippen molar-refractivity contribution in [3.8, 4) is 0 Å². The molecule has 0 heterocycles. The van der Waals surface area contributed by atoms with Gasteiger partial charge in [-0.3, -0.25) is 4.79 Å². The van der Waals surface area contributed by atoms with Gasteiger partial charge in [0.25, 0.3) is 0 Å². The third-order valence-corrected chi connectivity index (χ3v) is 0.101. The summed E-state index contributed by atoms with van der Waals surface area (Å²) < 4.78 is 0. The Hall–Kier alpha value is -0.172. The number of carboxylic acids is 1. The van der Waals surface area contributed by atoms with Gasteiger partial charge in [-0.15, -0.1) is 0 Å². The van der Waals surface area contributed by atoms with Gasteiger partial charge >= 0.3 is 5.97 Å². The second-order valence-electron chi connectivity index (χ2n) is 0.456. The van der Waals surface area contributed by atoms with E-state index in [-0.39, 0.29) is 27.4 Å². The monoisotopic (exact) mass is 172 g/mol. The number of aliphatic carboxylic acids is 1. The van der Waals surface area contributed by atoms with Crippen molar-refractivity contribution in [2.75, 3.05) is 0 Å². The summed E-state index contributed by atoms with van der Waals surface area (Å²) in [5.41, 5.74) is 0. The molecule has 0 aromatic heterocycles. The number of hydrogen-bond acceptors (Lipinski definition) is 2. The van der Waals surface area contributed by atoms with E-state index in [1.807, 2.05) is 0 Å². The van der Waals surface area contributed by atoms with Crippen LogP contribution in [0.15, 0.2) is 0 Å². The molecule has 0 radical (unpaired) electrons. The minimum absolute atomic E-state index is 0. The first-order chi connectivity index (χ1) is 2.27. The van der Waals surface area contributed by atoms with Crippen LogP contribution in [0.25, 0.3) is 0 Å². The van der Waals surface area contributed by atoms with Crippen LogP contribution in [0.3, 0.4) is 0 Å². The number of aldehydes is 1. The third kappa shape index (κ3) is 9.16. The van der Waals surface area contributed by atoms with E-state index in [1.165, 1.54) is 0 Å². The van der Waals surface area contributed by atoms with Gasteiger partial charge in [-0.05, 0) is 0 Å². The SMILES string of the molecule is O=CC(=O)O.[Mo]. The molecule has 0 amide bonds. The Bertz CT molecular complexity index is 59.8. The molecule has 0 aromatic carbocycles. The Morgan fingerprint density at radius 3 is 1.83 bits per heavy atom. The summed E-state index contributed by atoms with van der Waals surface area (Å²) in [7, 11) is 0.